The van der Waals surface area contributed by atoms with Crippen LogP contribution in [0.5, 0.6) is 0 Å². The molecule has 20 heavy (non-hydrogen) atoms. The fourth-order valence-corrected chi connectivity index (χ4v) is 4.74. The van der Waals surface area contributed by atoms with Crippen molar-refractivity contribution in [3.05, 3.63) is 20.5 Å². The Morgan fingerprint density at radius 3 is 2.65 bits per heavy atom. The highest BCUT2D eigenvalue weighted by molar-refractivity contribution is 7.91. The molecule has 0 aliphatic carbocycles. The molecule has 0 bridgehead atoms. The minimum atomic E-state index is -3.73. The third-order valence-corrected chi connectivity index (χ3v) is 6.30. The van der Waals surface area contributed by atoms with Crippen LogP contribution in [0, 0.1) is 10.1 Å². The second kappa shape index (κ2) is 6.35. The standard InChI is InChI=1S/C10H14ClN3O4S2/c11-10-8(14(15)16)7-9(19-10)20(17,18)12-3-6-13-4-1-2-5-13/h7,12H,1-6H2. The summed E-state index contributed by atoms with van der Waals surface area (Å²) in [4.78, 5) is 12.1. The van der Waals surface area contributed by atoms with Gasteiger partial charge in [-0.15, -0.1) is 11.3 Å². The monoisotopic (exact) mass is 339 g/mol. The molecule has 1 N–H and O–H groups in total. The van der Waals surface area contributed by atoms with Crippen LogP contribution in [0.25, 0.3) is 0 Å². The van der Waals surface area contributed by atoms with Crippen LogP contribution >= 0.6 is 22.9 Å². The van der Waals surface area contributed by atoms with Gasteiger partial charge in [0.25, 0.3) is 5.69 Å². The number of thiophene rings is 1. The summed E-state index contributed by atoms with van der Waals surface area (Å²) in [5, 5.41) is 10.7. The lowest BCUT2D eigenvalue weighted by Gasteiger charge is -2.14. The number of halogens is 1. The van der Waals surface area contributed by atoms with E-state index >= 15 is 0 Å². The first kappa shape index (κ1) is 15.6. The molecule has 0 aromatic carbocycles. The van der Waals surface area contributed by atoms with Crippen molar-refractivity contribution in [1.82, 2.24) is 9.62 Å². The summed E-state index contributed by atoms with van der Waals surface area (Å²) in [5.41, 5.74) is -0.378. The summed E-state index contributed by atoms with van der Waals surface area (Å²) >= 11 is 6.35. The molecule has 1 aromatic heterocycles. The summed E-state index contributed by atoms with van der Waals surface area (Å²) in [6.45, 7) is 2.89. The Morgan fingerprint density at radius 2 is 2.10 bits per heavy atom. The molecule has 2 heterocycles. The molecule has 1 aromatic rings. The highest BCUT2D eigenvalue weighted by Crippen LogP contribution is 2.35. The Kier molecular flexibility index (Phi) is 4.97. The van der Waals surface area contributed by atoms with Crippen molar-refractivity contribution in [1.29, 1.82) is 0 Å². The molecule has 0 amide bonds. The SMILES string of the molecule is O=[N+]([O-])c1cc(S(=O)(=O)NCCN2CCCC2)sc1Cl. The summed E-state index contributed by atoms with van der Waals surface area (Å²) in [7, 11) is -3.73. The molecule has 10 heteroatoms. The van der Waals surface area contributed by atoms with Crippen molar-refractivity contribution in [2.45, 2.75) is 17.1 Å². The Labute approximate surface area is 125 Å². The Balaban J connectivity index is 1.98. The van der Waals surface area contributed by atoms with Crippen LogP contribution in [0.2, 0.25) is 4.34 Å². The van der Waals surface area contributed by atoms with Gasteiger partial charge in [-0.3, -0.25) is 10.1 Å². The van der Waals surface area contributed by atoms with Gasteiger partial charge in [0, 0.05) is 19.2 Å². The first-order valence-electron chi connectivity index (χ1n) is 6.06. The average Bonchev–Trinajstić information content (AvgIpc) is 2.98. The minimum Gasteiger partial charge on any atom is -0.302 e. The summed E-state index contributed by atoms with van der Waals surface area (Å²) in [6, 6.07) is 0.991. The van der Waals surface area contributed by atoms with E-state index in [9.17, 15) is 18.5 Å². The fourth-order valence-electron chi connectivity index (χ4n) is 2.01. The van der Waals surface area contributed by atoms with Crippen molar-refractivity contribution in [2.24, 2.45) is 0 Å². The minimum absolute atomic E-state index is 0.129. The van der Waals surface area contributed by atoms with Crippen molar-refractivity contribution in [3.63, 3.8) is 0 Å². The zero-order valence-corrected chi connectivity index (χ0v) is 12.9. The molecule has 0 radical (unpaired) electrons. The van der Waals surface area contributed by atoms with Gasteiger partial charge in [0.2, 0.25) is 10.0 Å². The predicted octanol–water partition coefficient (Wildman–Crippen LogP) is 1.68. The predicted molar refractivity (Wildman–Crippen MR) is 76.8 cm³/mol. The second-order valence-corrected chi connectivity index (χ2v) is 8.08. The maximum absolute atomic E-state index is 12.0. The molecule has 1 aliphatic heterocycles. The average molecular weight is 340 g/mol. The second-order valence-electron chi connectivity index (χ2n) is 4.43. The number of nitrogens with one attached hydrogen (secondary N) is 1. The normalized spacial score (nSPS) is 16.6. The Morgan fingerprint density at radius 1 is 1.45 bits per heavy atom. The summed E-state index contributed by atoms with van der Waals surface area (Å²) in [6.07, 6.45) is 2.28. The van der Waals surface area contributed by atoms with Gasteiger partial charge >= 0.3 is 0 Å². The molecular formula is C10H14ClN3O4S2. The lowest BCUT2D eigenvalue weighted by molar-refractivity contribution is -0.384. The van der Waals surface area contributed by atoms with E-state index in [4.69, 9.17) is 11.6 Å². The molecular weight excluding hydrogens is 326 g/mol. The molecule has 1 aliphatic rings. The molecule has 0 saturated carbocycles. The first-order chi connectivity index (χ1) is 9.40. The quantitative estimate of drug-likeness (QED) is 0.628. The van der Waals surface area contributed by atoms with Gasteiger partial charge in [0.05, 0.1) is 4.92 Å². The van der Waals surface area contributed by atoms with Gasteiger partial charge in [-0.2, -0.15) is 0 Å². The molecule has 7 nitrogen and oxygen atoms in total. The van der Waals surface area contributed by atoms with Gasteiger partial charge in [-0.05, 0) is 25.9 Å². The molecule has 0 unspecified atom stereocenters. The Bertz CT molecular complexity index is 596. The zero-order valence-electron chi connectivity index (χ0n) is 10.5. The molecule has 0 atom stereocenters. The highest BCUT2D eigenvalue weighted by atomic mass is 35.5. The number of rotatable bonds is 6. The van der Waals surface area contributed by atoms with Crippen molar-refractivity contribution >= 4 is 38.6 Å². The summed E-state index contributed by atoms with van der Waals surface area (Å²) < 4.78 is 26.2. The topological polar surface area (TPSA) is 92.5 Å². The van der Waals surface area contributed by atoms with E-state index in [0.717, 1.165) is 32.0 Å². The van der Waals surface area contributed by atoms with Crippen LogP contribution in [0.1, 0.15) is 12.8 Å². The lowest BCUT2D eigenvalue weighted by atomic mass is 10.4. The van der Waals surface area contributed by atoms with E-state index < -0.39 is 14.9 Å². The van der Waals surface area contributed by atoms with E-state index in [0.29, 0.717) is 17.9 Å². The van der Waals surface area contributed by atoms with E-state index in [-0.39, 0.29) is 20.8 Å². The molecule has 1 saturated heterocycles. The number of sulfonamides is 1. The van der Waals surface area contributed by atoms with Crippen LogP contribution < -0.4 is 4.72 Å². The van der Waals surface area contributed by atoms with Gasteiger partial charge in [-0.1, -0.05) is 11.6 Å². The van der Waals surface area contributed by atoms with Crippen LogP contribution in [0.15, 0.2) is 10.3 Å². The van der Waals surface area contributed by atoms with Gasteiger partial charge in [0.15, 0.2) is 4.34 Å². The van der Waals surface area contributed by atoms with E-state index in [1.54, 1.807) is 0 Å². The smallest absolute Gasteiger partial charge is 0.300 e. The van der Waals surface area contributed by atoms with E-state index in [2.05, 4.69) is 9.62 Å². The van der Waals surface area contributed by atoms with Crippen molar-refractivity contribution in [3.8, 4) is 0 Å². The third-order valence-electron chi connectivity index (χ3n) is 3.03. The van der Waals surface area contributed by atoms with Crippen LogP contribution in [-0.4, -0.2) is 44.4 Å². The van der Waals surface area contributed by atoms with E-state index in [1.165, 1.54) is 0 Å². The Hall–Kier alpha value is -0.740. The highest BCUT2D eigenvalue weighted by Gasteiger charge is 2.25. The molecule has 2 rings (SSSR count). The lowest BCUT2D eigenvalue weighted by Crippen LogP contribution is -2.33. The molecule has 112 valence electrons. The van der Waals surface area contributed by atoms with Gasteiger partial charge in [-0.25, -0.2) is 13.1 Å². The maximum atomic E-state index is 12.0. The van der Waals surface area contributed by atoms with Crippen molar-refractivity contribution < 1.29 is 13.3 Å². The number of nitro groups is 1. The van der Waals surface area contributed by atoms with Gasteiger partial charge in [0.1, 0.15) is 4.21 Å². The largest absolute Gasteiger partial charge is 0.302 e. The third kappa shape index (κ3) is 3.67. The summed E-state index contributed by atoms with van der Waals surface area (Å²) in [5.74, 6) is 0. The number of hydrogen-bond acceptors (Lipinski definition) is 6. The molecule has 1 fully saturated rings. The zero-order chi connectivity index (χ0) is 14.8. The number of hydrogen-bond donors (Lipinski definition) is 1. The van der Waals surface area contributed by atoms with Crippen LogP contribution in [0.3, 0.4) is 0 Å². The first-order valence-corrected chi connectivity index (χ1v) is 8.73. The van der Waals surface area contributed by atoms with E-state index in [1.807, 2.05) is 0 Å². The number of likely N-dealkylation sites (tertiary alicyclic amines) is 1. The van der Waals surface area contributed by atoms with Gasteiger partial charge < -0.3 is 4.90 Å². The van der Waals surface area contributed by atoms with Crippen LogP contribution in [-0.2, 0) is 10.0 Å². The maximum Gasteiger partial charge on any atom is 0.300 e. The van der Waals surface area contributed by atoms with Crippen LogP contribution in [0.4, 0.5) is 5.69 Å². The van der Waals surface area contributed by atoms with Crippen molar-refractivity contribution in [2.75, 3.05) is 26.2 Å². The number of nitrogens with zero attached hydrogens (tertiary/aromatic N) is 2. The fraction of sp³-hybridized carbons (Fsp3) is 0.600. The molecule has 0 spiro atoms.